The molecule has 4 rings (SSSR count). The molecule has 2 aliphatic heterocycles. The molecule has 1 amide bonds. The van der Waals surface area contributed by atoms with E-state index in [1.54, 1.807) is 7.11 Å². The summed E-state index contributed by atoms with van der Waals surface area (Å²) >= 11 is 0. The number of ether oxygens (including phenoxy) is 1. The first kappa shape index (κ1) is 20.6. The summed E-state index contributed by atoms with van der Waals surface area (Å²) in [6.07, 6.45) is 2.85. The maximum Gasteiger partial charge on any atom is 0.255 e. The van der Waals surface area contributed by atoms with Crippen LogP contribution in [0.5, 0.6) is 5.75 Å². The third kappa shape index (κ3) is 4.12. The minimum Gasteiger partial charge on any atom is -0.497 e. The molecule has 0 radical (unpaired) electrons. The Morgan fingerprint density at radius 1 is 1.27 bits per heavy atom. The molecule has 0 spiro atoms. The Morgan fingerprint density at radius 2 is 2.03 bits per heavy atom. The molecule has 2 aliphatic rings. The van der Waals surface area contributed by atoms with E-state index in [0.717, 1.165) is 48.4 Å². The van der Waals surface area contributed by atoms with Gasteiger partial charge in [0.15, 0.2) is 0 Å². The molecule has 0 unspecified atom stereocenters. The fourth-order valence-corrected chi connectivity index (χ4v) is 4.43. The lowest BCUT2D eigenvalue weighted by molar-refractivity contribution is -0.131. The first-order chi connectivity index (χ1) is 14.5. The quantitative estimate of drug-likeness (QED) is 0.819. The van der Waals surface area contributed by atoms with Gasteiger partial charge in [-0.3, -0.25) is 14.5 Å². The number of amides is 1. The molecule has 7 heteroatoms. The number of carbonyl (C=O) groups is 1. The van der Waals surface area contributed by atoms with Crippen LogP contribution in [0, 0.1) is 0 Å². The standard InChI is InChI=1S/C23H30N4O3/c1-15(2)26-12-10-19-18(14-26)23(29)25-22(24-19)20-5-4-11-27(20)21(28)13-16-6-8-17(30-3)9-7-16/h6-9,15,20H,4-5,10-14H2,1-3H3,(H,24,25,29)/t20-/m1/s1. The largest absolute Gasteiger partial charge is 0.497 e. The summed E-state index contributed by atoms with van der Waals surface area (Å²) in [7, 11) is 1.63. The molecule has 0 bridgehead atoms. The lowest BCUT2D eigenvalue weighted by Gasteiger charge is -2.31. The third-order valence-corrected chi connectivity index (χ3v) is 6.25. The van der Waals surface area contributed by atoms with E-state index in [1.807, 2.05) is 29.2 Å². The van der Waals surface area contributed by atoms with Gasteiger partial charge in [-0.25, -0.2) is 4.98 Å². The Bertz CT molecular complexity index is 967. The van der Waals surface area contributed by atoms with Crippen LogP contribution in [0.1, 0.15) is 55.4 Å². The van der Waals surface area contributed by atoms with Crippen molar-refractivity contribution in [3.63, 3.8) is 0 Å². The number of H-pyrrole nitrogens is 1. The molecule has 3 heterocycles. The van der Waals surface area contributed by atoms with Crippen LogP contribution in [-0.2, 0) is 24.2 Å². The van der Waals surface area contributed by atoms with Gasteiger partial charge in [0.25, 0.3) is 5.56 Å². The number of benzene rings is 1. The molecule has 1 aromatic heterocycles. The van der Waals surface area contributed by atoms with E-state index in [-0.39, 0.29) is 17.5 Å². The second kappa shape index (κ2) is 8.60. The minimum atomic E-state index is -0.156. The number of aromatic amines is 1. The van der Waals surface area contributed by atoms with Gasteiger partial charge in [0, 0.05) is 32.1 Å². The van der Waals surface area contributed by atoms with Gasteiger partial charge >= 0.3 is 0 Å². The Balaban J connectivity index is 1.52. The maximum absolute atomic E-state index is 13.0. The number of aromatic nitrogens is 2. The van der Waals surface area contributed by atoms with Gasteiger partial charge in [-0.15, -0.1) is 0 Å². The number of carbonyl (C=O) groups excluding carboxylic acids is 1. The van der Waals surface area contributed by atoms with E-state index in [1.165, 1.54) is 0 Å². The predicted octanol–water partition coefficient (Wildman–Crippen LogP) is 2.45. The lowest BCUT2D eigenvalue weighted by Crippen LogP contribution is -2.40. The van der Waals surface area contributed by atoms with Gasteiger partial charge in [0.2, 0.25) is 5.91 Å². The van der Waals surface area contributed by atoms with Crippen LogP contribution < -0.4 is 10.3 Å². The van der Waals surface area contributed by atoms with Crippen LogP contribution in [0.2, 0.25) is 0 Å². The number of nitrogens with zero attached hydrogens (tertiary/aromatic N) is 3. The molecule has 1 atom stereocenters. The first-order valence-electron chi connectivity index (χ1n) is 10.7. The normalized spacial score (nSPS) is 19.2. The Hall–Kier alpha value is -2.67. The highest BCUT2D eigenvalue weighted by atomic mass is 16.5. The lowest BCUT2D eigenvalue weighted by atomic mass is 10.0. The summed E-state index contributed by atoms with van der Waals surface area (Å²) in [5.74, 6) is 1.48. The van der Waals surface area contributed by atoms with Crippen LogP contribution in [-0.4, -0.2) is 51.9 Å². The van der Waals surface area contributed by atoms with Crippen LogP contribution >= 0.6 is 0 Å². The molecular weight excluding hydrogens is 380 g/mol. The van der Waals surface area contributed by atoms with Gasteiger partial charge in [-0.2, -0.15) is 0 Å². The van der Waals surface area contributed by atoms with Crippen molar-refractivity contribution < 1.29 is 9.53 Å². The van der Waals surface area contributed by atoms with Gasteiger partial charge in [-0.1, -0.05) is 12.1 Å². The summed E-state index contributed by atoms with van der Waals surface area (Å²) in [6.45, 7) is 6.53. The predicted molar refractivity (Wildman–Crippen MR) is 114 cm³/mol. The monoisotopic (exact) mass is 410 g/mol. The summed E-state index contributed by atoms with van der Waals surface area (Å²) in [5, 5.41) is 0. The second-order valence-electron chi connectivity index (χ2n) is 8.46. The second-order valence-corrected chi connectivity index (χ2v) is 8.46. The zero-order chi connectivity index (χ0) is 21.3. The van der Waals surface area contributed by atoms with E-state index in [9.17, 15) is 9.59 Å². The zero-order valence-corrected chi connectivity index (χ0v) is 18.0. The van der Waals surface area contributed by atoms with Crippen LogP contribution in [0.15, 0.2) is 29.1 Å². The maximum atomic E-state index is 13.0. The number of rotatable bonds is 5. The summed E-state index contributed by atoms with van der Waals surface area (Å²) in [5.41, 5.74) is 2.55. The van der Waals surface area contributed by atoms with Crippen molar-refractivity contribution in [2.24, 2.45) is 0 Å². The SMILES string of the molecule is COc1ccc(CC(=O)N2CCC[C@@H]2c2nc3c(c(=O)[nH]2)CN(C(C)C)CC3)cc1. The molecule has 30 heavy (non-hydrogen) atoms. The van der Waals surface area contributed by atoms with Gasteiger partial charge in [0.05, 0.1) is 30.8 Å². The molecule has 1 N–H and O–H groups in total. The number of hydrogen-bond donors (Lipinski definition) is 1. The van der Waals surface area contributed by atoms with Crippen LogP contribution in [0.3, 0.4) is 0 Å². The summed E-state index contributed by atoms with van der Waals surface area (Å²) < 4.78 is 5.18. The van der Waals surface area contributed by atoms with Crippen LogP contribution in [0.4, 0.5) is 0 Å². The van der Waals surface area contributed by atoms with Crippen molar-refractivity contribution in [3.05, 3.63) is 57.3 Å². The highest BCUT2D eigenvalue weighted by Crippen LogP contribution is 2.31. The highest BCUT2D eigenvalue weighted by Gasteiger charge is 2.33. The summed E-state index contributed by atoms with van der Waals surface area (Å²) in [6, 6.07) is 7.82. The van der Waals surface area contributed by atoms with Crippen molar-refractivity contribution in [2.75, 3.05) is 20.2 Å². The van der Waals surface area contributed by atoms with Crippen molar-refractivity contribution >= 4 is 5.91 Å². The van der Waals surface area contributed by atoms with E-state index in [4.69, 9.17) is 9.72 Å². The Morgan fingerprint density at radius 3 is 2.73 bits per heavy atom. The van der Waals surface area contributed by atoms with Crippen molar-refractivity contribution in [1.82, 2.24) is 19.8 Å². The van der Waals surface area contributed by atoms with E-state index >= 15 is 0 Å². The van der Waals surface area contributed by atoms with E-state index in [2.05, 4.69) is 23.7 Å². The number of methoxy groups -OCH3 is 1. The Labute approximate surface area is 177 Å². The molecule has 0 saturated carbocycles. The van der Waals surface area contributed by atoms with Crippen LogP contribution in [0.25, 0.3) is 0 Å². The van der Waals surface area contributed by atoms with Crippen molar-refractivity contribution in [1.29, 1.82) is 0 Å². The number of likely N-dealkylation sites (tertiary alicyclic amines) is 1. The van der Waals surface area contributed by atoms with Gasteiger partial charge in [0.1, 0.15) is 11.6 Å². The molecule has 7 nitrogen and oxygen atoms in total. The molecular formula is C23H30N4O3. The van der Waals surface area contributed by atoms with Crippen molar-refractivity contribution in [2.45, 2.75) is 58.2 Å². The molecule has 160 valence electrons. The highest BCUT2D eigenvalue weighted by molar-refractivity contribution is 5.79. The molecule has 1 aromatic carbocycles. The average molecular weight is 411 g/mol. The third-order valence-electron chi connectivity index (χ3n) is 6.25. The average Bonchev–Trinajstić information content (AvgIpc) is 3.24. The van der Waals surface area contributed by atoms with Crippen molar-refractivity contribution in [3.8, 4) is 5.75 Å². The fourth-order valence-electron chi connectivity index (χ4n) is 4.43. The summed E-state index contributed by atoms with van der Waals surface area (Å²) in [4.78, 5) is 37.8. The smallest absolute Gasteiger partial charge is 0.255 e. The zero-order valence-electron chi connectivity index (χ0n) is 18.0. The number of nitrogens with one attached hydrogen (secondary N) is 1. The topological polar surface area (TPSA) is 78.5 Å². The van der Waals surface area contributed by atoms with Gasteiger partial charge < -0.3 is 14.6 Å². The van der Waals surface area contributed by atoms with E-state index in [0.29, 0.717) is 31.4 Å². The molecule has 1 saturated heterocycles. The van der Waals surface area contributed by atoms with Gasteiger partial charge in [-0.05, 0) is 44.4 Å². The minimum absolute atomic E-state index is 0.0604. The van der Waals surface area contributed by atoms with E-state index < -0.39 is 0 Å². The first-order valence-corrected chi connectivity index (χ1v) is 10.7. The molecule has 2 aromatic rings. The molecule has 0 aliphatic carbocycles. The Kier molecular flexibility index (Phi) is 5.90. The fraction of sp³-hybridized carbons (Fsp3) is 0.522. The molecule has 1 fully saturated rings. The number of fused-ring (bicyclic) bond motifs is 1. The number of hydrogen-bond acceptors (Lipinski definition) is 5.